The number of nitrogens with zero attached hydrogens (tertiary/aromatic N) is 1. The summed E-state index contributed by atoms with van der Waals surface area (Å²) in [5, 5.41) is 1.79. The molecule has 9 heteroatoms. The number of carbonyl (C=O) groups excluding carboxylic acids is 3. The lowest BCUT2D eigenvalue weighted by Crippen LogP contribution is -2.36. The van der Waals surface area contributed by atoms with E-state index in [2.05, 4.69) is 5.32 Å². The van der Waals surface area contributed by atoms with E-state index in [9.17, 15) is 18.8 Å². The quantitative estimate of drug-likeness (QED) is 0.735. The number of carbonyl (C=O) groups is 3. The Balaban J connectivity index is 1.68. The lowest BCUT2D eigenvalue weighted by atomic mass is 10.2. The predicted octanol–water partition coefficient (Wildman–Crippen LogP) is 4.16. The Hall–Kier alpha value is -2.84. The Morgan fingerprint density at radius 3 is 2.61 bits per heavy atom. The number of thioether (sulfide) groups is 1. The summed E-state index contributed by atoms with van der Waals surface area (Å²) in [4.78, 5) is 37.8. The average molecular weight is 421 g/mol. The van der Waals surface area contributed by atoms with Crippen LogP contribution in [0.3, 0.4) is 0 Å². The molecule has 0 aromatic heterocycles. The van der Waals surface area contributed by atoms with Crippen molar-refractivity contribution < 1.29 is 23.5 Å². The van der Waals surface area contributed by atoms with Crippen LogP contribution in [0, 0.1) is 5.82 Å². The first-order valence-electron chi connectivity index (χ1n) is 8.01. The number of imide groups is 1. The zero-order chi connectivity index (χ0) is 20.3. The Kier molecular flexibility index (Phi) is 6.01. The molecule has 28 heavy (non-hydrogen) atoms. The summed E-state index contributed by atoms with van der Waals surface area (Å²) in [6.07, 6.45) is 1.57. The molecule has 1 N–H and O–H groups in total. The molecule has 0 radical (unpaired) electrons. The van der Waals surface area contributed by atoms with Crippen LogP contribution in [0.1, 0.15) is 5.56 Å². The van der Waals surface area contributed by atoms with Gasteiger partial charge in [0.1, 0.15) is 18.1 Å². The highest BCUT2D eigenvalue weighted by Crippen LogP contribution is 2.32. The number of amides is 3. The molecule has 2 aromatic carbocycles. The summed E-state index contributed by atoms with van der Waals surface area (Å²) in [5.74, 6) is -1.11. The summed E-state index contributed by atoms with van der Waals surface area (Å²) in [7, 11) is 1.55. The SMILES string of the molecule is COc1ccc(/C=C2/SC(=O)N(CC(=O)Nc3ccc(F)c(Cl)c3)C2=O)cc1. The van der Waals surface area contributed by atoms with E-state index in [1.54, 1.807) is 37.5 Å². The number of methoxy groups -OCH3 is 1. The Labute approximate surface area is 169 Å². The van der Waals surface area contributed by atoms with Crippen molar-refractivity contribution in [3.8, 4) is 5.75 Å². The topological polar surface area (TPSA) is 75.7 Å². The third-order valence-electron chi connectivity index (χ3n) is 3.79. The molecule has 1 saturated heterocycles. The summed E-state index contributed by atoms with van der Waals surface area (Å²) in [6, 6.07) is 10.6. The number of anilines is 1. The molecule has 144 valence electrons. The van der Waals surface area contributed by atoms with Gasteiger partial charge in [0, 0.05) is 5.69 Å². The van der Waals surface area contributed by atoms with Gasteiger partial charge in [-0.1, -0.05) is 23.7 Å². The lowest BCUT2D eigenvalue weighted by Gasteiger charge is -2.12. The maximum Gasteiger partial charge on any atom is 0.294 e. The van der Waals surface area contributed by atoms with Crippen molar-refractivity contribution in [2.75, 3.05) is 19.0 Å². The van der Waals surface area contributed by atoms with Crippen LogP contribution in [0.4, 0.5) is 14.9 Å². The molecule has 3 amide bonds. The van der Waals surface area contributed by atoms with Crippen LogP contribution in [-0.4, -0.2) is 35.6 Å². The van der Waals surface area contributed by atoms with Gasteiger partial charge in [-0.2, -0.15) is 0 Å². The summed E-state index contributed by atoms with van der Waals surface area (Å²) < 4.78 is 18.2. The third kappa shape index (κ3) is 4.52. The maximum absolute atomic E-state index is 13.2. The number of rotatable bonds is 5. The highest BCUT2D eigenvalue weighted by Gasteiger charge is 2.36. The van der Waals surface area contributed by atoms with Gasteiger partial charge in [0.05, 0.1) is 17.0 Å². The molecule has 3 rings (SSSR count). The van der Waals surface area contributed by atoms with Gasteiger partial charge in [-0.3, -0.25) is 19.3 Å². The Morgan fingerprint density at radius 1 is 1.25 bits per heavy atom. The maximum atomic E-state index is 13.2. The van der Waals surface area contributed by atoms with Gasteiger partial charge >= 0.3 is 0 Å². The molecule has 1 aliphatic heterocycles. The molecule has 1 fully saturated rings. The van der Waals surface area contributed by atoms with E-state index < -0.39 is 29.4 Å². The van der Waals surface area contributed by atoms with Crippen molar-refractivity contribution in [1.82, 2.24) is 4.90 Å². The van der Waals surface area contributed by atoms with Crippen LogP contribution >= 0.6 is 23.4 Å². The summed E-state index contributed by atoms with van der Waals surface area (Å²) in [6.45, 7) is -0.459. The fraction of sp³-hybridized carbons (Fsp3) is 0.105. The van der Waals surface area contributed by atoms with E-state index in [0.29, 0.717) is 5.75 Å². The molecular weight excluding hydrogens is 407 g/mol. The fourth-order valence-electron chi connectivity index (χ4n) is 2.41. The van der Waals surface area contributed by atoms with Gasteiger partial charge in [0.25, 0.3) is 11.1 Å². The molecule has 0 atom stereocenters. The van der Waals surface area contributed by atoms with Gasteiger partial charge in [0.15, 0.2) is 0 Å². The van der Waals surface area contributed by atoms with E-state index >= 15 is 0 Å². The first-order chi connectivity index (χ1) is 13.4. The number of hydrogen-bond donors (Lipinski definition) is 1. The molecule has 6 nitrogen and oxygen atoms in total. The van der Waals surface area contributed by atoms with Crippen LogP contribution in [0.25, 0.3) is 6.08 Å². The van der Waals surface area contributed by atoms with E-state index in [4.69, 9.17) is 16.3 Å². The largest absolute Gasteiger partial charge is 0.497 e. The summed E-state index contributed by atoms with van der Waals surface area (Å²) in [5.41, 5.74) is 0.980. The highest BCUT2D eigenvalue weighted by atomic mass is 35.5. The fourth-order valence-corrected chi connectivity index (χ4v) is 3.42. The first kappa shape index (κ1) is 19.9. The molecule has 0 aliphatic carbocycles. The number of hydrogen-bond acceptors (Lipinski definition) is 5. The monoisotopic (exact) mass is 420 g/mol. The zero-order valence-electron chi connectivity index (χ0n) is 14.6. The van der Waals surface area contributed by atoms with Gasteiger partial charge in [-0.25, -0.2) is 4.39 Å². The predicted molar refractivity (Wildman–Crippen MR) is 106 cm³/mol. The number of nitrogens with one attached hydrogen (secondary N) is 1. The zero-order valence-corrected chi connectivity index (χ0v) is 16.1. The van der Waals surface area contributed by atoms with Crippen molar-refractivity contribution in [3.05, 3.63) is 63.8 Å². The minimum Gasteiger partial charge on any atom is -0.497 e. The number of halogens is 2. The molecule has 2 aromatic rings. The van der Waals surface area contributed by atoms with E-state index in [1.165, 1.54) is 12.1 Å². The van der Waals surface area contributed by atoms with Gasteiger partial charge < -0.3 is 10.1 Å². The van der Waals surface area contributed by atoms with Crippen molar-refractivity contribution >= 4 is 52.2 Å². The normalized spacial score (nSPS) is 15.2. The van der Waals surface area contributed by atoms with Crippen LogP contribution in [-0.2, 0) is 9.59 Å². The first-order valence-corrected chi connectivity index (χ1v) is 9.21. The van der Waals surface area contributed by atoms with E-state index in [0.717, 1.165) is 28.3 Å². The minimum atomic E-state index is -0.616. The second-order valence-electron chi connectivity index (χ2n) is 5.72. The van der Waals surface area contributed by atoms with Gasteiger partial charge in [0.2, 0.25) is 5.91 Å². The molecule has 0 spiro atoms. The van der Waals surface area contributed by atoms with Gasteiger partial charge in [-0.05, 0) is 53.7 Å². The number of ether oxygens (including phenoxy) is 1. The van der Waals surface area contributed by atoms with Crippen LogP contribution in [0.2, 0.25) is 5.02 Å². The molecule has 0 unspecified atom stereocenters. The molecule has 0 bridgehead atoms. The van der Waals surface area contributed by atoms with Gasteiger partial charge in [-0.15, -0.1) is 0 Å². The second kappa shape index (κ2) is 8.45. The van der Waals surface area contributed by atoms with Crippen molar-refractivity contribution in [2.45, 2.75) is 0 Å². The van der Waals surface area contributed by atoms with Crippen molar-refractivity contribution in [3.63, 3.8) is 0 Å². The van der Waals surface area contributed by atoms with Crippen molar-refractivity contribution in [1.29, 1.82) is 0 Å². The lowest BCUT2D eigenvalue weighted by molar-refractivity contribution is -0.127. The third-order valence-corrected chi connectivity index (χ3v) is 4.99. The van der Waals surface area contributed by atoms with Crippen LogP contribution in [0.15, 0.2) is 47.4 Å². The van der Waals surface area contributed by atoms with E-state index in [-0.39, 0.29) is 15.6 Å². The standard InChI is InChI=1S/C19H14ClFN2O4S/c1-27-13-5-2-11(3-6-13)8-16-18(25)23(19(26)28-16)10-17(24)22-12-4-7-15(21)14(20)9-12/h2-9H,10H2,1H3,(H,22,24)/b16-8+. The molecule has 0 saturated carbocycles. The number of benzene rings is 2. The average Bonchev–Trinajstić information content (AvgIpc) is 2.93. The Bertz CT molecular complexity index is 978. The molecule has 1 heterocycles. The molecule has 1 aliphatic rings. The van der Waals surface area contributed by atoms with E-state index in [1.807, 2.05) is 0 Å². The second-order valence-corrected chi connectivity index (χ2v) is 7.12. The van der Waals surface area contributed by atoms with Crippen LogP contribution < -0.4 is 10.1 Å². The van der Waals surface area contributed by atoms with Crippen LogP contribution in [0.5, 0.6) is 5.75 Å². The highest BCUT2D eigenvalue weighted by molar-refractivity contribution is 8.18. The smallest absolute Gasteiger partial charge is 0.294 e. The minimum absolute atomic E-state index is 0.147. The Morgan fingerprint density at radius 2 is 1.96 bits per heavy atom. The summed E-state index contributed by atoms with van der Waals surface area (Å²) >= 11 is 6.42. The van der Waals surface area contributed by atoms with Crippen molar-refractivity contribution in [2.24, 2.45) is 0 Å². The molecular formula is C19H14ClFN2O4S.